The number of carbonyl (C=O) groups excluding carboxylic acids is 1. The van der Waals surface area contributed by atoms with Crippen molar-refractivity contribution in [2.24, 2.45) is 0 Å². The van der Waals surface area contributed by atoms with E-state index >= 15 is 0 Å². The first-order chi connectivity index (χ1) is 7.68. The summed E-state index contributed by atoms with van der Waals surface area (Å²) < 4.78 is 0. The molecule has 0 unspecified atom stereocenters. The van der Waals surface area contributed by atoms with Gasteiger partial charge in [0.05, 0.1) is 6.42 Å². The molecule has 0 saturated carbocycles. The van der Waals surface area contributed by atoms with Crippen LogP contribution in [0.5, 0.6) is 0 Å². The number of carbonyl (C=O) groups is 2. The van der Waals surface area contributed by atoms with Crippen LogP contribution in [-0.2, 0) is 16.0 Å². The topological polar surface area (TPSA) is 54.4 Å². The van der Waals surface area contributed by atoms with Gasteiger partial charge in [-0.1, -0.05) is 30.3 Å². The molecular weight excluding hydrogens is 204 g/mol. The quantitative estimate of drug-likeness (QED) is 0.767. The third-order valence-corrected chi connectivity index (χ3v) is 2.38. The van der Waals surface area contributed by atoms with Crippen LogP contribution in [-0.4, -0.2) is 16.9 Å². The lowest BCUT2D eigenvalue weighted by Crippen LogP contribution is -2.03. The molecule has 0 aliphatic carbocycles. The van der Waals surface area contributed by atoms with Gasteiger partial charge in [0.25, 0.3) is 0 Å². The molecule has 0 radical (unpaired) electrons. The maximum absolute atomic E-state index is 11.3. The number of carboxylic acids is 1. The van der Waals surface area contributed by atoms with Crippen LogP contribution < -0.4 is 0 Å². The summed E-state index contributed by atoms with van der Waals surface area (Å²) in [6.45, 7) is 0. The summed E-state index contributed by atoms with van der Waals surface area (Å²) in [5.74, 6) is -0.866. The second-order valence-electron chi connectivity index (χ2n) is 3.77. The Hall–Kier alpha value is -1.64. The molecule has 1 N–H and O–H groups in total. The van der Waals surface area contributed by atoms with Gasteiger partial charge in [-0.05, 0) is 18.4 Å². The number of aliphatic carboxylic acids is 1. The van der Waals surface area contributed by atoms with Crippen molar-refractivity contribution in [3.8, 4) is 0 Å². The lowest BCUT2D eigenvalue weighted by Gasteiger charge is -2.00. The van der Waals surface area contributed by atoms with E-state index in [1.54, 1.807) is 0 Å². The fourth-order valence-electron chi connectivity index (χ4n) is 1.51. The third-order valence-electron chi connectivity index (χ3n) is 2.38. The Morgan fingerprint density at radius 1 is 1.00 bits per heavy atom. The molecule has 0 spiro atoms. The first kappa shape index (κ1) is 12.4. The number of Topliss-reactive ketones (excluding diaryl/α,β-unsaturated/α-hetero) is 1. The van der Waals surface area contributed by atoms with Crippen molar-refractivity contribution in [1.29, 1.82) is 0 Å². The molecule has 0 aliphatic rings. The van der Waals surface area contributed by atoms with Crippen molar-refractivity contribution in [1.82, 2.24) is 0 Å². The Kier molecular flexibility index (Phi) is 5.26. The van der Waals surface area contributed by atoms with E-state index in [1.165, 1.54) is 5.56 Å². The van der Waals surface area contributed by atoms with Gasteiger partial charge in [0.2, 0.25) is 0 Å². The van der Waals surface area contributed by atoms with E-state index in [0.29, 0.717) is 6.42 Å². The van der Waals surface area contributed by atoms with E-state index in [2.05, 4.69) is 0 Å². The van der Waals surface area contributed by atoms with Crippen molar-refractivity contribution >= 4 is 11.8 Å². The highest BCUT2D eigenvalue weighted by Gasteiger charge is 2.05. The minimum absolute atomic E-state index is 0.0401. The maximum atomic E-state index is 11.3. The number of hydrogen-bond donors (Lipinski definition) is 1. The molecule has 1 aromatic rings. The van der Waals surface area contributed by atoms with Gasteiger partial charge in [-0.15, -0.1) is 0 Å². The van der Waals surface area contributed by atoms with Crippen molar-refractivity contribution in [2.75, 3.05) is 0 Å². The molecule has 3 nitrogen and oxygen atoms in total. The molecule has 1 aromatic carbocycles. The van der Waals surface area contributed by atoms with Crippen molar-refractivity contribution in [3.05, 3.63) is 35.9 Å². The van der Waals surface area contributed by atoms with E-state index in [-0.39, 0.29) is 18.6 Å². The normalized spacial score (nSPS) is 10.0. The second kappa shape index (κ2) is 6.77. The van der Waals surface area contributed by atoms with Gasteiger partial charge in [0.15, 0.2) is 0 Å². The summed E-state index contributed by atoms with van der Waals surface area (Å²) in [5.41, 5.74) is 1.22. The summed E-state index contributed by atoms with van der Waals surface area (Å²) in [7, 11) is 0. The Labute approximate surface area is 95.1 Å². The molecule has 0 heterocycles. The van der Waals surface area contributed by atoms with Crippen molar-refractivity contribution in [3.63, 3.8) is 0 Å². The van der Waals surface area contributed by atoms with Gasteiger partial charge in [-0.25, -0.2) is 0 Å². The van der Waals surface area contributed by atoms with Crippen LogP contribution >= 0.6 is 0 Å². The zero-order valence-corrected chi connectivity index (χ0v) is 9.19. The highest BCUT2D eigenvalue weighted by Crippen LogP contribution is 2.06. The second-order valence-corrected chi connectivity index (χ2v) is 3.77. The van der Waals surface area contributed by atoms with Crippen LogP contribution in [0.4, 0.5) is 0 Å². The van der Waals surface area contributed by atoms with Crippen LogP contribution in [0.2, 0.25) is 0 Å². The van der Waals surface area contributed by atoms with E-state index in [9.17, 15) is 9.59 Å². The molecule has 0 amide bonds. The number of rotatable bonds is 7. The molecule has 1 rings (SSSR count). The summed E-state index contributed by atoms with van der Waals surface area (Å²) in [6.07, 6.45) is 2.25. The predicted molar refractivity (Wildman–Crippen MR) is 61.3 cm³/mol. The summed E-state index contributed by atoms with van der Waals surface area (Å²) in [6, 6.07) is 9.97. The average Bonchev–Trinajstić information content (AvgIpc) is 2.28. The highest BCUT2D eigenvalue weighted by molar-refractivity contribution is 5.82. The van der Waals surface area contributed by atoms with Crippen LogP contribution in [0.15, 0.2) is 30.3 Å². The van der Waals surface area contributed by atoms with E-state index in [0.717, 1.165) is 12.8 Å². The van der Waals surface area contributed by atoms with Crippen LogP contribution in [0.3, 0.4) is 0 Å². The van der Waals surface area contributed by atoms with Crippen molar-refractivity contribution in [2.45, 2.75) is 32.1 Å². The maximum Gasteiger partial charge on any atom is 0.303 e. The number of aryl methyl sites for hydroxylation is 1. The highest BCUT2D eigenvalue weighted by atomic mass is 16.4. The molecule has 16 heavy (non-hydrogen) atoms. The van der Waals surface area contributed by atoms with Gasteiger partial charge in [0.1, 0.15) is 5.78 Å². The van der Waals surface area contributed by atoms with Crippen LogP contribution in [0.1, 0.15) is 31.2 Å². The summed E-state index contributed by atoms with van der Waals surface area (Å²) >= 11 is 0. The lowest BCUT2D eigenvalue weighted by atomic mass is 10.0. The zero-order chi connectivity index (χ0) is 11.8. The Morgan fingerprint density at radius 2 is 1.69 bits per heavy atom. The lowest BCUT2D eigenvalue weighted by molar-refractivity contribution is -0.138. The first-order valence-electron chi connectivity index (χ1n) is 5.46. The van der Waals surface area contributed by atoms with Gasteiger partial charge in [-0.3, -0.25) is 9.59 Å². The number of hydrogen-bond acceptors (Lipinski definition) is 2. The molecule has 0 fully saturated rings. The van der Waals surface area contributed by atoms with Gasteiger partial charge in [0, 0.05) is 12.8 Å². The average molecular weight is 220 g/mol. The molecule has 86 valence electrons. The van der Waals surface area contributed by atoms with Gasteiger partial charge < -0.3 is 5.11 Å². The smallest absolute Gasteiger partial charge is 0.303 e. The Morgan fingerprint density at radius 3 is 2.31 bits per heavy atom. The number of benzene rings is 1. The molecule has 0 aliphatic heterocycles. The third kappa shape index (κ3) is 5.29. The first-order valence-corrected chi connectivity index (χ1v) is 5.46. The van der Waals surface area contributed by atoms with E-state index < -0.39 is 5.97 Å². The largest absolute Gasteiger partial charge is 0.481 e. The molecule has 0 atom stereocenters. The monoisotopic (exact) mass is 220 g/mol. The van der Waals surface area contributed by atoms with E-state index in [1.807, 2.05) is 30.3 Å². The van der Waals surface area contributed by atoms with Gasteiger partial charge in [-0.2, -0.15) is 0 Å². The minimum atomic E-state index is -0.906. The SMILES string of the molecule is O=C(O)CCC(=O)CCCc1ccccc1. The van der Waals surface area contributed by atoms with Gasteiger partial charge >= 0.3 is 5.97 Å². The van der Waals surface area contributed by atoms with E-state index in [4.69, 9.17) is 5.11 Å². The van der Waals surface area contributed by atoms with Crippen molar-refractivity contribution < 1.29 is 14.7 Å². The predicted octanol–water partition coefficient (Wildman–Crippen LogP) is 2.44. The summed E-state index contributed by atoms with van der Waals surface area (Å²) in [5, 5.41) is 8.41. The Balaban J connectivity index is 2.16. The zero-order valence-electron chi connectivity index (χ0n) is 9.19. The molecule has 0 saturated heterocycles. The fourth-order valence-corrected chi connectivity index (χ4v) is 1.51. The standard InChI is InChI=1S/C13H16O3/c14-12(9-10-13(15)16)8-4-7-11-5-2-1-3-6-11/h1-3,5-6H,4,7-10H2,(H,15,16). The number of carboxylic acid groups (broad SMARTS) is 1. The Bertz CT molecular complexity index is 343. The fraction of sp³-hybridized carbons (Fsp3) is 0.385. The minimum Gasteiger partial charge on any atom is -0.481 e. The molecule has 3 heteroatoms. The molecule has 0 aromatic heterocycles. The molecule has 0 bridgehead atoms. The molecular formula is C13H16O3. The number of ketones is 1. The summed E-state index contributed by atoms with van der Waals surface area (Å²) in [4.78, 5) is 21.5. The van der Waals surface area contributed by atoms with Crippen LogP contribution in [0, 0.1) is 0 Å². The van der Waals surface area contributed by atoms with Crippen LogP contribution in [0.25, 0.3) is 0 Å².